The van der Waals surface area contributed by atoms with Crippen LogP contribution in [-0.2, 0) is 4.75 Å². The van der Waals surface area contributed by atoms with Gasteiger partial charge in [0.2, 0.25) is 0 Å². The Morgan fingerprint density at radius 1 is 0.833 bits per heavy atom. The summed E-state index contributed by atoms with van der Waals surface area (Å²) >= 11 is 3.10. The van der Waals surface area contributed by atoms with Crippen LogP contribution in [-0.4, -0.2) is 10.9 Å². The number of primary amides is 1. The van der Waals surface area contributed by atoms with Gasteiger partial charge in [0.15, 0.2) is 0 Å². The molecule has 5 heteroatoms. The Morgan fingerprint density at radius 3 is 1.73 bits per heavy atom. The van der Waals surface area contributed by atoms with Gasteiger partial charge in [-0.25, -0.2) is 4.98 Å². The van der Waals surface area contributed by atoms with E-state index in [0.29, 0.717) is 5.69 Å². The molecule has 2 N–H and O–H groups in total. The van der Waals surface area contributed by atoms with E-state index in [1.165, 1.54) is 28.0 Å². The molecule has 3 nitrogen and oxygen atoms in total. The van der Waals surface area contributed by atoms with Crippen LogP contribution in [0.5, 0.6) is 0 Å². The molecule has 0 saturated heterocycles. The van der Waals surface area contributed by atoms with Crippen molar-refractivity contribution in [2.45, 2.75) is 4.75 Å². The van der Waals surface area contributed by atoms with Crippen molar-refractivity contribution in [3.8, 4) is 0 Å². The van der Waals surface area contributed by atoms with Crippen LogP contribution in [0.15, 0.2) is 102 Å². The Morgan fingerprint density at radius 2 is 1.30 bits per heavy atom. The van der Waals surface area contributed by atoms with E-state index in [1.54, 1.807) is 17.3 Å². The highest BCUT2D eigenvalue weighted by atomic mass is 32.2. The van der Waals surface area contributed by atoms with E-state index in [1.807, 2.05) is 29.7 Å². The van der Waals surface area contributed by atoms with E-state index >= 15 is 0 Å². The number of benzene rings is 3. The molecule has 1 heterocycles. The first-order valence-electron chi connectivity index (χ1n) is 9.46. The molecule has 4 rings (SSSR count). The normalized spacial score (nSPS) is 11.6. The van der Waals surface area contributed by atoms with Crippen LogP contribution < -0.4 is 5.73 Å². The first-order valence-corrected chi connectivity index (χ1v) is 11.2. The van der Waals surface area contributed by atoms with Crippen molar-refractivity contribution in [2.24, 2.45) is 5.73 Å². The van der Waals surface area contributed by atoms with Gasteiger partial charge in [-0.05, 0) is 28.2 Å². The summed E-state index contributed by atoms with van der Waals surface area (Å²) in [6, 6.07) is 31.4. The summed E-state index contributed by atoms with van der Waals surface area (Å²) in [6.45, 7) is 0. The third-order valence-corrected chi connectivity index (χ3v) is 6.96. The van der Waals surface area contributed by atoms with Crippen LogP contribution in [0.4, 0.5) is 0 Å². The van der Waals surface area contributed by atoms with Gasteiger partial charge in [-0.3, -0.25) is 4.79 Å². The Bertz CT molecular complexity index is 1040. The molecule has 0 unspecified atom stereocenters. The SMILES string of the molecule is NC(=O)c1ncsc1/C=C\SC(c1ccccc1)(c1ccccc1)c1ccccc1. The predicted octanol–water partition coefficient (Wildman–Crippen LogP) is 5.94. The van der Waals surface area contributed by atoms with Gasteiger partial charge in [0.05, 0.1) is 15.1 Å². The number of thiazole rings is 1. The third-order valence-electron chi connectivity index (χ3n) is 4.83. The van der Waals surface area contributed by atoms with Crippen molar-refractivity contribution in [1.29, 1.82) is 0 Å². The van der Waals surface area contributed by atoms with E-state index in [2.05, 4.69) is 77.8 Å². The van der Waals surface area contributed by atoms with Crippen LogP contribution in [0.25, 0.3) is 6.08 Å². The van der Waals surface area contributed by atoms with Gasteiger partial charge in [0.1, 0.15) is 5.69 Å². The minimum absolute atomic E-state index is 0.307. The standard InChI is InChI=1S/C25H20N2OS2/c26-24(28)23-22(29-18-27-23)16-17-30-25(19-10-4-1-5-11-19,20-12-6-2-7-13-20)21-14-8-3-9-15-21/h1-18H,(H2,26,28)/b17-16-. The molecule has 1 aromatic heterocycles. The van der Waals surface area contributed by atoms with Gasteiger partial charge in [-0.15, -0.1) is 23.1 Å². The molecule has 0 saturated carbocycles. The molecule has 0 radical (unpaired) electrons. The predicted molar refractivity (Wildman–Crippen MR) is 126 cm³/mol. The second-order valence-corrected chi connectivity index (χ2v) is 8.64. The molecule has 0 fully saturated rings. The maximum atomic E-state index is 11.6. The summed E-state index contributed by atoms with van der Waals surface area (Å²) in [6.07, 6.45) is 1.92. The van der Waals surface area contributed by atoms with Crippen molar-refractivity contribution in [1.82, 2.24) is 4.98 Å². The first-order chi connectivity index (χ1) is 14.7. The lowest BCUT2D eigenvalue weighted by Crippen LogP contribution is -2.24. The minimum atomic E-state index is -0.513. The van der Waals surface area contributed by atoms with Crippen LogP contribution in [0.3, 0.4) is 0 Å². The molecule has 30 heavy (non-hydrogen) atoms. The number of amides is 1. The van der Waals surface area contributed by atoms with Gasteiger partial charge in [-0.1, -0.05) is 91.0 Å². The largest absolute Gasteiger partial charge is 0.364 e. The van der Waals surface area contributed by atoms with Crippen LogP contribution in [0, 0.1) is 0 Å². The van der Waals surface area contributed by atoms with Crippen molar-refractivity contribution >= 4 is 35.1 Å². The highest BCUT2D eigenvalue weighted by Gasteiger charge is 2.36. The molecular weight excluding hydrogens is 408 g/mol. The molecule has 0 bridgehead atoms. The number of carbonyl (C=O) groups excluding carboxylic acids is 1. The zero-order valence-corrected chi connectivity index (χ0v) is 17.8. The van der Waals surface area contributed by atoms with Gasteiger partial charge >= 0.3 is 0 Å². The zero-order valence-electron chi connectivity index (χ0n) is 16.1. The summed E-state index contributed by atoms with van der Waals surface area (Å²) < 4.78 is -0.447. The van der Waals surface area contributed by atoms with Gasteiger partial charge in [0, 0.05) is 0 Å². The van der Waals surface area contributed by atoms with Gasteiger partial charge in [-0.2, -0.15) is 0 Å². The second kappa shape index (κ2) is 9.11. The molecule has 4 aromatic rings. The number of hydrogen-bond acceptors (Lipinski definition) is 4. The summed E-state index contributed by atoms with van der Waals surface area (Å²) in [5.74, 6) is -0.513. The molecular formula is C25H20N2OS2. The van der Waals surface area contributed by atoms with E-state index in [-0.39, 0.29) is 0 Å². The third kappa shape index (κ3) is 3.95. The van der Waals surface area contributed by atoms with E-state index in [9.17, 15) is 4.79 Å². The summed E-state index contributed by atoms with van der Waals surface area (Å²) in [4.78, 5) is 16.5. The number of hydrogen-bond donors (Lipinski definition) is 1. The van der Waals surface area contributed by atoms with Crippen LogP contribution in [0.2, 0.25) is 0 Å². The van der Waals surface area contributed by atoms with Crippen molar-refractivity contribution < 1.29 is 4.79 Å². The van der Waals surface area contributed by atoms with Crippen molar-refractivity contribution in [3.05, 3.63) is 129 Å². The van der Waals surface area contributed by atoms with Crippen molar-refractivity contribution in [3.63, 3.8) is 0 Å². The molecule has 3 aromatic carbocycles. The lowest BCUT2D eigenvalue weighted by atomic mass is 9.84. The average molecular weight is 429 g/mol. The molecule has 1 amide bonds. The molecule has 0 aliphatic rings. The molecule has 0 spiro atoms. The Balaban J connectivity index is 1.86. The molecule has 0 aliphatic heterocycles. The number of nitrogens with zero attached hydrogens (tertiary/aromatic N) is 1. The number of nitrogens with two attached hydrogens (primary N) is 1. The second-order valence-electron chi connectivity index (χ2n) is 6.63. The molecule has 0 aliphatic carbocycles. The fourth-order valence-corrected chi connectivity index (χ4v) is 5.47. The van der Waals surface area contributed by atoms with E-state index in [0.717, 1.165) is 4.88 Å². The smallest absolute Gasteiger partial charge is 0.268 e. The van der Waals surface area contributed by atoms with Crippen LogP contribution >= 0.6 is 23.1 Å². The van der Waals surface area contributed by atoms with E-state index in [4.69, 9.17) is 5.73 Å². The van der Waals surface area contributed by atoms with Crippen LogP contribution in [0.1, 0.15) is 32.1 Å². The maximum Gasteiger partial charge on any atom is 0.268 e. The van der Waals surface area contributed by atoms with Gasteiger partial charge in [0.25, 0.3) is 5.91 Å². The maximum absolute atomic E-state index is 11.6. The van der Waals surface area contributed by atoms with Gasteiger partial charge < -0.3 is 5.73 Å². The average Bonchev–Trinajstić information content (AvgIpc) is 3.28. The fraction of sp³-hybridized carbons (Fsp3) is 0.0400. The number of carbonyl (C=O) groups is 1. The summed E-state index contributed by atoms with van der Waals surface area (Å²) in [5.41, 5.74) is 10.9. The fourth-order valence-electron chi connectivity index (χ4n) is 3.48. The first kappa shape index (κ1) is 20.1. The molecule has 0 atom stereocenters. The number of rotatable bonds is 7. The molecule has 148 valence electrons. The Labute approximate surface area is 184 Å². The highest BCUT2D eigenvalue weighted by molar-refractivity contribution is 8.03. The minimum Gasteiger partial charge on any atom is -0.364 e. The lowest BCUT2D eigenvalue weighted by molar-refractivity contribution is 0.0996. The zero-order chi connectivity index (χ0) is 20.8. The summed E-state index contributed by atoms with van der Waals surface area (Å²) in [5, 5.41) is 2.03. The van der Waals surface area contributed by atoms with Crippen molar-refractivity contribution in [2.75, 3.05) is 0 Å². The Kier molecular flexibility index (Phi) is 6.12. The topological polar surface area (TPSA) is 56.0 Å². The number of thioether (sulfide) groups is 1. The summed E-state index contributed by atoms with van der Waals surface area (Å²) in [7, 11) is 0. The highest BCUT2D eigenvalue weighted by Crippen LogP contribution is 2.49. The monoisotopic (exact) mass is 428 g/mol. The quantitative estimate of drug-likeness (QED) is 0.371. The number of aromatic nitrogens is 1. The lowest BCUT2D eigenvalue weighted by Gasteiger charge is -2.34. The van der Waals surface area contributed by atoms with E-state index < -0.39 is 10.7 Å². The Hall–Kier alpha value is -3.15.